The van der Waals surface area contributed by atoms with Gasteiger partial charge in [-0.2, -0.15) is 0 Å². The number of hydrogen-bond donors (Lipinski definition) is 1. The third kappa shape index (κ3) is 2.67. The lowest BCUT2D eigenvalue weighted by atomic mass is 11.9. The predicted octanol–water partition coefficient (Wildman–Crippen LogP) is 1.19. The first-order chi connectivity index (χ1) is 3.91. The summed E-state index contributed by atoms with van der Waals surface area (Å²) in [5.74, 6) is 0. The third-order valence-electron chi connectivity index (χ3n) is 0.667. The predicted molar refractivity (Wildman–Crippen MR) is 37.8 cm³/mol. The topological polar surface area (TPSA) is 65.0 Å². The summed E-state index contributed by atoms with van der Waals surface area (Å²) in [5, 5.41) is 0. The van der Waals surface area contributed by atoms with Gasteiger partial charge in [-0.1, -0.05) is 0 Å². The van der Waals surface area contributed by atoms with E-state index in [1.807, 2.05) is 0 Å². The van der Waals surface area contributed by atoms with Gasteiger partial charge in [0.25, 0.3) is 0 Å². The highest BCUT2D eigenvalue weighted by molar-refractivity contribution is 7.49. The molecule has 1 atom stereocenters. The van der Waals surface area contributed by atoms with Crippen molar-refractivity contribution < 1.29 is 22.9 Å². The number of phosphoric acid groups is 1. The van der Waals surface area contributed by atoms with Crippen LogP contribution in [-0.4, -0.2) is 13.5 Å². The molecule has 1 fully saturated rings. The largest absolute Gasteiger partial charge is 0.490 e. The summed E-state index contributed by atoms with van der Waals surface area (Å²) >= 11 is 0. The molecule has 1 rings (SSSR count). The van der Waals surface area contributed by atoms with E-state index in [2.05, 4.69) is 13.5 Å². The molecule has 1 heterocycles. The molecule has 5 nitrogen and oxygen atoms in total. The molecule has 0 aromatic heterocycles. The van der Waals surface area contributed by atoms with Gasteiger partial charge in [0.15, 0.2) is 0 Å². The Labute approximate surface area is 65.5 Å². The van der Waals surface area contributed by atoms with Gasteiger partial charge in [-0.05, 0) is 13.1 Å². The van der Waals surface area contributed by atoms with Crippen LogP contribution in [0, 0.1) is 0 Å². The van der Waals surface area contributed by atoms with Gasteiger partial charge < -0.3 is 4.89 Å². The van der Waals surface area contributed by atoms with E-state index in [-0.39, 0.29) is 12.4 Å². The van der Waals surface area contributed by atoms with Crippen molar-refractivity contribution in [3.05, 3.63) is 0 Å². The Kier molecular flexibility index (Phi) is 3.07. The van der Waals surface area contributed by atoms with Crippen LogP contribution in [0.2, 0.25) is 13.1 Å². The highest BCUT2D eigenvalue weighted by atomic mass is 35.5. The van der Waals surface area contributed by atoms with E-state index in [9.17, 15) is 4.57 Å². The van der Waals surface area contributed by atoms with Crippen LogP contribution in [0.4, 0.5) is 0 Å². The van der Waals surface area contributed by atoms with Gasteiger partial charge in [0.05, 0.1) is 0 Å². The highest BCUT2D eigenvalue weighted by Crippen LogP contribution is 2.52. The average molecular weight is 207 g/mol. The normalized spacial score (nSPS) is 37.1. The maximum absolute atomic E-state index is 10.5. The summed E-state index contributed by atoms with van der Waals surface area (Å²) < 4.78 is 23.5. The fourth-order valence-electron chi connectivity index (χ4n) is 0.445. The van der Waals surface area contributed by atoms with Gasteiger partial charge in [0.2, 0.25) is 0 Å². The quantitative estimate of drug-likeness (QED) is 0.366. The summed E-state index contributed by atoms with van der Waals surface area (Å²) in [6, 6.07) is 0. The fraction of sp³-hybridized carbons (Fsp3) is 1.00. The standard InChI is InChI=1S/C2H7O5PSi.ClH/c1-9(2)6-5-8(3,4)7-9;/h1-2H3,(H,3,4);1H. The van der Waals surface area contributed by atoms with Crippen LogP contribution in [0.15, 0.2) is 0 Å². The van der Waals surface area contributed by atoms with Crippen LogP contribution >= 0.6 is 20.2 Å². The molecule has 0 bridgehead atoms. The van der Waals surface area contributed by atoms with Crippen LogP contribution in [0.5, 0.6) is 0 Å². The van der Waals surface area contributed by atoms with Crippen LogP contribution < -0.4 is 0 Å². The molecule has 0 aromatic rings. The Morgan fingerprint density at radius 3 is 2.10 bits per heavy atom. The average Bonchev–Trinajstić information content (AvgIpc) is 1.78. The second kappa shape index (κ2) is 2.90. The molecule has 1 N–H and O–H groups in total. The molecule has 0 radical (unpaired) electrons. The minimum absolute atomic E-state index is 0. The van der Waals surface area contributed by atoms with E-state index >= 15 is 0 Å². The molecule has 1 unspecified atom stereocenters. The van der Waals surface area contributed by atoms with Crippen molar-refractivity contribution in [3.8, 4) is 0 Å². The summed E-state index contributed by atoms with van der Waals surface area (Å²) in [6.07, 6.45) is 0. The number of hydrogen-bond acceptors (Lipinski definition) is 4. The van der Waals surface area contributed by atoms with Gasteiger partial charge in [-0.25, -0.2) is 9.14 Å². The van der Waals surface area contributed by atoms with Crippen molar-refractivity contribution in [1.29, 1.82) is 0 Å². The molecule has 1 aliphatic rings. The monoisotopic (exact) mass is 206 g/mol. The molecule has 0 aromatic carbocycles. The lowest BCUT2D eigenvalue weighted by Gasteiger charge is -2.04. The zero-order chi connectivity index (χ0) is 7.12. The molecule has 1 aliphatic heterocycles. The van der Waals surface area contributed by atoms with Crippen LogP contribution in [0.1, 0.15) is 0 Å². The second-order valence-electron chi connectivity index (χ2n) is 2.12. The van der Waals surface area contributed by atoms with E-state index in [1.165, 1.54) is 0 Å². The fourth-order valence-corrected chi connectivity index (χ4v) is 4.01. The minimum atomic E-state index is -3.83. The van der Waals surface area contributed by atoms with Crippen molar-refractivity contribution in [2.75, 3.05) is 0 Å². The Bertz CT molecular complexity index is 171. The maximum atomic E-state index is 10.5. The molecule has 10 heavy (non-hydrogen) atoms. The Balaban J connectivity index is 0.000000810. The van der Waals surface area contributed by atoms with Gasteiger partial charge in [0, 0.05) is 0 Å². The van der Waals surface area contributed by atoms with E-state index in [0.29, 0.717) is 0 Å². The van der Waals surface area contributed by atoms with Crippen LogP contribution in [0.25, 0.3) is 0 Å². The van der Waals surface area contributed by atoms with E-state index < -0.39 is 16.4 Å². The molecular weight excluding hydrogens is 199 g/mol. The lowest BCUT2D eigenvalue weighted by Crippen LogP contribution is -2.25. The number of halogens is 1. The Morgan fingerprint density at radius 2 is 2.00 bits per heavy atom. The van der Waals surface area contributed by atoms with Crippen molar-refractivity contribution in [1.82, 2.24) is 0 Å². The molecular formula is C2H8ClO5PSi. The van der Waals surface area contributed by atoms with Crippen molar-refractivity contribution >= 4 is 28.8 Å². The lowest BCUT2D eigenvalue weighted by molar-refractivity contribution is -0.106. The molecule has 0 aliphatic carbocycles. The van der Waals surface area contributed by atoms with Crippen molar-refractivity contribution in [3.63, 3.8) is 0 Å². The summed E-state index contributed by atoms with van der Waals surface area (Å²) in [4.78, 5) is 8.55. The summed E-state index contributed by atoms with van der Waals surface area (Å²) in [5.41, 5.74) is 0. The van der Waals surface area contributed by atoms with Gasteiger partial charge in [-0.15, -0.1) is 17.1 Å². The van der Waals surface area contributed by atoms with Crippen LogP contribution in [0.3, 0.4) is 0 Å². The smallest absolute Gasteiger partial charge is 0.302 e. The first-order valence-electron chi connectivity index (χ1n) is 2.32. The molecule has 0 saturated carbocycles. The minimum Gasteiger partial charge on any atom is -0.302 e. The van der Waals surface area contributed by atoms with Gasteiger partial charge >= 0.3 is 16.4 Å². The van der Waals surface area contributed by atoms with E-state index in [4.69, 9.17) is 4.89 Å². The maximum Gasteiger partial charge on any atom is 0.490 e. The second-order valence-corrected chi connectivity index (χ2v) is 6.90. The van der Waals surface area contributed by atoms with Gasteiger partial charge in [0.1, 0.15) is 0 Å². The van der Waals surface area contributed by atoms with Crippen molar-refractivity contribution in [2.45, 2.75) is 13.1 Å². The zero-order valence-electron chi connectivity index (χ0n) is 5.44. The molecule has 0 amide bonds. The Morgan fingerprint density at radius 1 is 1.50 bits per heavy atom. The third-order valence-corrected chi connectivity index (χ3v) is 4.24. The first kappa shape index (κ1) is 10.6. The van der Waals surface area contributed by atoms with E-state index in [0.717, 1.165) is 0 Å². The van der Waals surface area contributed by atoms with E-state index in [1.54, 1.807) is 13.1 Å². The molecule has 0 spiro atoms. The van der Waals surface area contributed by atoms with Crippen LogP contribution in [-0.2, 0) is 18.0 Å². The summed E-state index contributed by atoms with van der Waals surface area (Å²) in [6.45, 7) is 3.23. The highest BCUT2D eigenvalue weighted by Gasteiger charge is 2.46. The zero-order valence-corrected chi connectivity index (χ0v) is 8.15. The number of rotatable bonds is 0. The molecule has 1 saturated heterocycles. The molecule has 62 valence electrons. The first-order valence-corrected chi connectivity index (χ1v) is 6.63. The van der Waals surface area contributed by atoms with Gasteiger partial charge in [-0.3, -0.25) is 4.21 Å². The summed E-state index contributed by atoms with van der Waals surface area (Å²) in [7, 11) is -6.24. The Hall–Kier alpha value is 0.577. The van der Waals surface area contributed by atoms with Crippen molar-refractivity contribution in [2.24, 2.45) is 0 Å². The SMILES string of the molecule is C[Si]1(C)OOP(=O)(O)O1.Cl. The molecule has 8 heteroatoms.